The van der Waals surface area contributed by atoms with Crippen LogP contribution in [-0.2, 0) is 16.1 Å². The highest BCUT2D eigenvalue weighted by molar-refractivity contribution is 6.00. The number of nitrogens with zero attached hydrogens (tertiary/aromatic N) is 3. The molecule has 2 aromatic carbocycles. The number of esters is 1. The fraction of sp³-hybridized carbons (Fsp3) is 0.529. The molecule has 6 rings (SSSR count). The van der Waals surface area contributed by atoms with Gasteiger partial charge in [-0.05, 0) is 74.3 Å². The number of carbonyl (C=O) groups excluding carboxylic acids is 2. The van der Waals surface area contributed by atoms with Crippen LogP contribution in [0.3, 0.4) is 0 Å². The minimum absolute atomic E-state index is 0.205. The minimum Gasteiger partial charge on any atom is -0.489 e. The van der Waals surface area contributed by atoms with E-state index >= 15 is 0 Å². The average molecular weight is 558 g/mol. The molecule has 7 heteroatoms. The zero-order chi connectivity index (χ0) is 28.3. The molecule has 1 amide bonds. The number of benzene rings is 2. The van der Waals surface area contributed by atoms with Gasteiger partial charge in [0, 0.05) is 36.1 Å². The maximum Gasteiger partial charge on any atom is 0.337 e. The van der Waals surface area contributed by atoms with Crippen LogP contribution in [0, 0.1) is 0 Å². The van der Waals surface area contributed by atoms with Crippen molar-refractivity contribution in [3.05, 3.63) is 47.5 Å². The molecule has 0 spiro atoms. The zero-order valence-electron chi connectivity index (χ0n) is 24.6. The number of methoxy groups -OCH3 is 1. The van der Waals surface area contributed by atoms with Crippen molar-refractivity contribution < 1.29 is 19.1 Å². The van der Waals surface area contributed by atoms with Crippen molar-refractivity contribution in [2.75, 3.05) is 44.8 Å². The van der Waals surface area contributed by atoms with Crippen molar-refractivity contribution in [2.24, 2.45) is 0 Å². The van der Waals surface area contributed by atoms with Gasteiger partial charge in [-0.1, -0.05) is 38.3 Å². The highest BCUT2D eigenvalue weighted by Crippen LogP contribution is 2.49. The molecule has 0 bridgehead atoms. The number of amides is 1. The van der Waals surface area contributed by atoms with E-state index in [2.05, 4.69) is 40.7 Å². The molecule has 3 aromatic rings. The van der Waals surface area contributed by atoms with E-state index in [0.29, 0.717) is 31.2 Å². The summed E-state index contributed by atoms with van der Waals surface area (Å²) in [5.74, 6) is 1.23. The molecule has 0 radical (unpaired) electrons. The normalized spacial score (nSPS) is 17.4. The van der Waals surface area contributed by atoms with E-state index in [9.17, 15) is 9.59 Å². The number of carbonyl (C=O) groups is 2. The van der Waals surface area contributed by atoms with E-state index in [1.807, 2.05) is 17.0 Å². The molecule has 3 heterocycles. The Morgan fingerprint density at radius 1 is 1.00 bits per heavy atom. The van der Waals surface area contributed by atoms with Crippen LogP contribution in [0.5, 0.6) is 5.75 Å². The van der Waals surface area contributed by atoms with Gasteiger partial charge in [-0.25, -0.2) is 4.79 Å². The molecule has 1 aromatic heterocycles. The number of fused-ring (bicyclic) bond motifs is 5. The van der Waals surface area contributed by atoms with Crippen molar-refractivity contribution in [1.82, 2.24) is 9.47 Å². The standard InChI is InChI=1S/C34H43N3O4/c1-3-17-36(23-30(38)35-18-8-5-9-19-35)28-14-10-13-27-32-31(24-11-6-4-7-12-24)26-16-15-25(34(39)40-2)22-29(26)37(32)20-21-41-33(27)28/h10,13-16,22,24H,3-9,11-12,17-21,23H2,1-2H3. The largest absolute Gasteiger partial charge is 0.489 e. The highest BCUT2D eigenvalue weighted by atomic mass is 16.5. The van der Waals surface area contributed by atoms with E-state index in [-0.39, 0.29) is 11.9 Å². The maximum absolute atomic E-state index is 13.4. The third-order valence-electron chi connectivity index (χ3n) is 9.22. The van der Waals surface area contributed by atoms with Crippen LogP contribution in [0.15, 0.2) is 36.4 Å². The first-order valence-electron chi connectivity index (χ1n) is 15.6. The van der Waals surface area contributed by atoms with Gasteiger partial charge in [-0.15, -0.1) is 0 Å². The molecular weight excluding hydrogens is 514 g/mol. The Morgan fingerprint density at radius 3 is 2.54 bits per heavy atom. The molecule has 2 aliphatic heterocycles. The summed E-state index contributed by atoms with van der Waals surface area (Å²) in [6.45, 7) is 6.26. The van der Waals surface area contributed by atoms with Crippen LogP contribution < -0.4 is 9.64 Å². The first-order valence-corrected chi connectivity index (χ1v) is 15.6. The average Bonchev–Trinajstić information content (AvgIpc) is 3.21. The fourth-order valence-electron chi connectivity index (χ4n) is 7.26. The van der Waals surface area contributed by atoms with Crippen LogP contribution >= 0.6 is 0 Å². The lowest BCUT2D eigenvalue weighted by Crippen LogP contribution is -2.43. The second-order valence-electron chi connectivity index (χ2n) is 11.8. The predicted octanol–water partition coefficient (Wildman–Crippen LogP) is 6.76. The lowest BCUT2D eigenvalue weighted by Gasteiger charge is -2.32. The Bertz CT molecular complexity index is 1420. The van der Waals surface area contributed by atoms with Crippen molar-refractivity contribution in [3.8, 4) is 17.0 Å². The highest BCUT2D eigenvalue weighted by Gasteiger charge is 2.31. The molecule has 41 heavy (non-hydrogen) atoms. The summed E-state index contributed by atoms with van der Waals surface area (Å²) in [4.78, 5) is 30.1. The smallest absolute Gasteiger partial charge is 0.337 e. The maximum atomic E-state index is 13.4. The number of hydrogen-bond donors (Lipinski definition) is 0. The number of piperidine rings is 1. The summed E-state index contributed by atoms with van der Waals surface area (Å²) < 4.78 is 14.0. The Hall–Kier alpha value is -3.48. The summed E-state index contributed by atoms with van der Waals surface area (Å²) in [6.07, 6.45) is 10.5. The second-order valence-corrected chi connectivity index (χ2v) is 11.8. The molecule has 218 valence electrons. The van der Waals surface area contributed by atoms with E-state index in [1.165, 1.54) is 62.3 Å². The van der Waals surface area contributed by atoms with Crippen molar-refractivity contribution >= 4 is 28.5 Å². The van der Waals surface area contributed by atoms with Crippen molar-refractivity contribution in [2.45, 2.75) is 77.2 Å². The molecular formula is C34H43N3O4. The summed E-state index contributed by atoms with van der Waals surface area (Å²) in [5.41, 5.74) is 6.31. The van der Waals surface area contributed by atoms with Gasteiger partial charge >= 0.3 is 5.97 Å². The van der Waals surface area contributed by atoms with E-state index in [1.54, 1.807) is 0 Å². The first-order chi connectivity index (χ1) is 20.1. The van der Waals surface area contributed by atoms with Gasteiger partial charge in [0.15, 0.2) is 5.75 Å². The Labute approximate surface area is 243 Å². The van der Waals surface area contributed by atoms with Gasteiger partial charge < -0.3 is 23.8 Å². The van der Waals surface area contributed by atoms with Crippen molar-refractivity contribution in [3.63, 3.8) is 0 Å². The lowest BCUT2D eigenvalue weighted by molar-refractivity contribution is -0.130. The number of para-hydroxylation sites is 1. The third-order valence-corrected chi connectivity index (χ3v) is 9.22. The Kier molecular flexibility index (Phi) is 8.22. The van der Waals surface area contributed by atoms with Gasteiger partial charge in [0.25, 0.3) is 0 Å². The Balaban J connectivity index is 1.48. The summed E-state index contributed by atoms with van der Waals surface area (Å²) in [5, 5.41) is 1.23. The van der Waals surface area contributed by atoms with Crippen LogP contribution in [0.2, 0.25) is 0 Å². The van der Waals surface area contributed by atoms with E-state index in [0.717, 1.165) is 61.4 Å². The van der Waals surface area contributed by atoms with Crippen molar-refractivity contribution in [1.29, 1.82) is 0 Å². The number of anilines is 1. The summed E-state index contributed by atoms with van der Waals surface area (Å²) in [7, 11) is 1.43. The predicted molar refractivity (Wildman–Crippen MR) is 163 cm³/mol. The minimum atomic E-state index is -0.317. The van der Waals surface area contributed by atoms with Gasteiger partial charge in [0.05, 0.1) is 37.1 Å². The summed E-state index contributed by atoms with van der Waals surface area (Å²) in [6, 6.07) is 12.4. The fourth-order valence-corrected chi connectivity index (χ4v) is 7.26. The molecule has 3 aliphatic rings. The molecule has 1 aliphatic carbocycles. The van der Waals surface area contributed by atoms with Gasteiger partial charge in [0.2, 0.25) is 5.91 Å². The first kappa shape index (κ1) is 27.7. The van der Waals surface area contributed by atoms with E-state index < -0.39 is 0 Å². The van der Waals surface area contributed by atoms with Crippen LogP contribution in [0.4, 0.5) is 5.69 Å². The molecule has 0 unspecified atom stereocenters. The molecule has 7 nitrogen and oxygen atoms in total. The molecule has 2 fully saturated rings. The number of aromatic nitrogens is 1. The second kappa shape index (κ2) is 12.2. The molecule has 1 saturated carbocycles. The zero-order valence-corrected chi connectivity index (χ0v) is 24.6. The molecule has 1 saturated heterocycles. The van der Waals surface area contributed by atoms with Gasteiger partial charge in [-0.3, -0.25) is 4.79 Å². The van der Waals surface area contributed by atoms with Gasteiger partial charge in [-0.2, -0.15) is 0 Å². The van der Waals surface area contributed by atoms with Crippen LogP contribution in [-0.4, -0.2) is 61.2 Å². The van der Waals surface area contributed by atoms with Crippen LogP contribution in [0.1, 0.15) is 86.6 Å². The lowest BCUT2D eigenvalue weighted by atomic mass is 9.81. The summed E-state index contributed by atoms with van der Waals surface area (Å²) >= 11 is 0. The molecule has 0 atom stereocenters. The third kappa shape index (κ3) is 5.31. The topological polar surface area (TPSA) is 64.0 Å². The van der Waals surface area contributed by atoms with E-state index in [4.69, 9.17) is 9.47 Å². The number of likely N-dealkylation sites (tertiary alicyclic amines) is 1. The SMILES string of the molecule is CCCN(CC(=O)N1CCCCC1)c1cccc2c1OCCn1c-2c(C2CCCCC2)c2ccc(C(=O)OC)cc21. The Morgan fingerprint density at radius 2 is 1.78 bits per heavy atom. The van der Waals surface area contributed by atoms with Crippen LogP contribution in [0.25, 0.3) is 22.2 Å². The number of hydrogen-bond acceptors (Lipinski definition) is 5. The number of ether oxygens (including phenoxy) is 2. The monoisotopic (exact) mass is 557 g/mol. The molecule has 0 N–H and O–H groups in total. The quantitative estimate of drug-likeness (QED) is 0.300. The number of rotatable bonds is 7. The van der Waals surface area contributed by atoms with Gasteiger partial charge in [0.1, 0.15) is 6.61 Å².